The predicted molar refractivity (Wildman–Crippen MR) is 45.3 cm³/mol. The van der Waals surface area contributed by atoms with Crippen LogP contribution in [0.25, 0.3) is 0 Å². The quantitative estimate of drug-likeness (QED) is 0.523. The molecule has 1 aliphatic rings. The van der Waals surface area contributed by atoms with Crippen molar-refractivity contribution in [1.82, 2.24) is 5.32 Å². The van der Waals surface area contributed by atoms with Crippen molar-refractivity contribution in [2.45, 2.75) is 37.3 Å². The van der Waals surface area contributed by atoms with Crippen molar-refractivity contribution in [1.29, 1.82) is 0 Å². The number of hydrogen-bond acceptors (Lipinski definition) is 3. The van der Waals surface area contributed by atoms with E-state index < -0.39 is 0 Å². The summed E-state index contributed by atoms with van der Waals surface area (Å²) in [7, 11) is 1.91. The topological polar surface area (TPSA) is 58.3 Å². The van der Waals surface area contributed by atoms with Crippen molar-refractivity contribution in [3.8, 4) is 0 Å². The molecule has 3 heteroatoms. The van der Waals surface area contributed by atoms with Crippen LogP contribution in [0.1, 0.15) is 25.7 Å². The number of nitrogens with two attached hydrogens (primary N) is 1. The summed E-state index contributed by atoms with van der Waals surface area (Å²) in [5.74, 6) is 0. The Morgan fingerprint density at radius 3 is 2.45 bits per heavy atom. The summed E-state index contributed by atoms with van der Waals surface area (Å²) in [5, 5.41) is 12.3. The lowest BCUT2D eigenvalue weighted by Gasteiger charge is -2.37. The minimum Gasteiger partial charge on any atom is -0.394 e. The van der Waals surface area contributed by atoms with Crippen molar-refractivity contribution in [3.05, 3.63) is 0 Å². The van der Waals surface area contributed by atoms with Gasteiger partial charge in [0.05, 0.1) is 6.61 Å². The van der Waals surface area contributed by atoms with Crippen LogP contribution in [-0.2, 0) is 0 Å². The molecule has 0 aromatic rings. The summed E-state index contributed by atoms with van der Waals surface area (Å²) in [6.07, 6.45) is 4.06. The maximum atomic E-state index is 9.12. The van der Waals surface area contributed by atoms with Crippen molar-refractivity contribution < 1.29 is 5.11 Å². The number of nitrogens with one attached hydrogen (secondary N) is 1. The molecule has 0 spiro atoms. The Morgan fingerprint density at radius 2 is 2.09 bits per heavy atom. The summed E-state index contributed by atoms with van der Waals surface area (Å²) in [6, 6.07) is 0.350. The van der Waals surface area contributed by atoms with Gasteiger partial charge >= 0.3 is 0 Å². The van der Waals surface area contributed by atoms with Crippen LogP contribution in [0.2, 0.25) is 0 Å². The van der Waals surface area contributed by atoms with Gasteiger partial charge in [-0.2, -0.15) is 0 Å². The molecule has 0 saturated heterocycles. The summed E-state index contributed by atoms with van der Waals surface area (Å²) < 4.78 is 0. The van der Waals surface area contributed by atoms with Crippen LogP contribution in [0.15, 0.2) is 0 Å². The van der Waals surface area contributed by atoms with E-state index in [0.717, 1.165) is 25.7 Å². The highest BCUT2D eigenvalue weighted by molar-refractivity contribution is 4.92. The SMILES string of the molecule is CN[C@]1(CO)CC[C@@H](N)CC1. The number of rotatable bonds is 2. The molecule has 1 aliphatic carbocycles. The number of aliphatic hydroxyl groups excluding tert-OH is 1. The van der Waals surface area contributed by atoms with Crippen molar-refractivity contribution in [2.75, 3.05) is 13.7 Å². The molecule has 1 saturated carbocycles. The molecule has 0 bridgehead atoms. The standard InChI is InChI=1S/C8H18N2O/c1-10-8(6-11)4-2-7(9)3-5-8/h7,10-11H,2-6,9H2,1H3/t7-,8-. The van der Waals surface area contributed by atoms with Gasteiger partial charge < -0.3 is 16.2 Å². The highest BCUT2D eigenvalue weighted by Gasteiger charge is 2.31. The zero-order chi connectivity index (χ0) is 8.32. The summed E-state index contributed by atoms with van der Waals surface area (Å²) in [5.41, 5.74) is 5.72. The van der Waals surface area contributed by atoms with E-state index in [1.54, 1.807) is 0 Å². The largest absolute Gasteiger partial charge is 0.394 e. The average molecular weight is 158 g/mol. The van der Waals surface area contributed by atoms with Gasteiger partial charge in [-0.25, -0.2) is 0 Å². The Hall–Kier alpha value is -0.120. The molecule has 66 valence electrons. The second-order valence-corrected chi connectivity index (χ2v) is 3.53. The first kappa shape index (κ1) is 8.97. The van der Waals surface area contributed by atoms with Gasteiger partial charge in [-0.3, -0.25) is 0 Å². The summed E-state index contributed by atoms with van der Waals surface area (Å²) in [4.78, 5) is 0. The van der Waals surface area contributed by atoms with Crippen molar-refractivity contribution >= 4 is 0 Å². The normalized spacial score (nSPS) is 39.0. The molecule has 3 nitrogen and oxygen atoms in total. The summed E-state index contributed by atoms with van der Waals surface area (Å²) in [6.45, 7) is 0.232. The van der Waals surface area contributed by atoms with E-state index in [4.69, 9.17) is 10.8 Å². The first-order valence-electron chi connectivity index (χ1n) is 4.28. The van der Waals surface area contributed by atoms with Crippen molar-refractivity contribution in [2.24, 2.45) is 5.73 Å². The molecule has 1 rings (SSSR count). The minimum atomic E-state index is -0.0319. The van der Waals surface area contributed by atoms with Gasteiger partial charge in [0, 0.05) is 11.6 Å². The Kier molecular flexibility index (Phi) is 2.87. The molecule has 4 N–H and O–H groups in total. The van der Waals surface area contributed by atoms with Gasteiger partial charge in [-0.1, -0.05) is 0 Å². The van der Waals surface area contributed by atoms with Crippen LogP contribution in [-0.4, -0.2) is 30.3 Å². The second kappa shape index (κ2) is 3.52. The molecule has 0 aromatic heterocycles. The van der Waals surface area contributed by atoms with Crippen LogP contribution < -0.4 is 11.1 Å². The van der Waals surface area contributed by atoms with E-state index in [-0.39, 0.29) is 12.1 Å². The molecule has 0 atom stereocenters. The lowest BCUT2D eigenvalue weighted by molar-refractivity contribution is 0.123. The van der Waals surface area contributed by atoms with Gasteiger partial charge in [0.15, 0.2) is 0 Å². The highest BCUT2D eigenvalue weighted by Crippen LogP contribution is 2.26. The number of likely N-dealkylation sites (N-methyl/N-ethyl adjacent to an activating group) is 1. The molecular formula is C8H18N2O. The van der Waals surface area contributed by atoms with E-state index in [1.165, 1.54) is 0 Å². The molecule has 11 heavy (non-hydrogen) atoms. The molecule has 1 fully saturated rings. The number of aliphatic hydroxyl groups is 1. The van der Waals surface area contributed by atoms with Crippen LogP contribution in [0.5, 0.6) is 0 Å². The molecule has 0 radical (unpaired) electrons. The lowest BCUT2D eigenvalue weighted by atomic mass is 9.80. The van der Waals surface area contributed by atoms with Crippen LogP contribution in [0.3, 0.4) is 0 Å². The van der Waals surface area contributed by atoms with Crippen LogP contribution >= 0.6 is 0 Å². The van der Waals surface area contributed by atoms with E-state index in [2.05, 4.69) is 5.32 Å². The maximum Gasteiger partial charge on any atom is 0.0613 e. The molecular weight excluding hydrogens is 140 g/mol. The summed E-state index contributed by atoms with van der Waals surface area (Å²) >= 11 is 0. The zero-order valence-electron chi connectivity index (χ0n) is 7.14. The third-order valence-corrected chi connectivity index (χ3v) is 2.82. The maximum absolute atomic E-state index is 9.12. The van der Waals surface area contributed by atoms with E-state index in [9.17, 15) is 0 Å². The Labute approximate surface area is 68.0 Å². The fourth-order valence-corrected chi connectivity index (χ4v) is 1.68. The first-order valence-corrected chi connectivity index (χ1v) is 4.28. The van der Waals surface area contributed by atoms with Gasteiger partial charge in [0.2, 0.25) is 0 Å². The zero-order valence-corrected chi connectivity index (χ0v) is 7.14. The predicted octanol–water partition coefficient (Wildman–Crippen LogP) is -0.162. The minimum absolute atomic E-state index is 0.0319. The number of hydrogen-bond donors (Lipinski definition) is 3. The van der Waals surface area contributed by atoms with E-state index in [1.807, 2.05) is 7.05 Å². The first-order chi connectivity index (χ1) is 5.22. The Morgan fingerprint density at radius 1 is 1.55 bits per heavy atom. The Bertz CT molecular complexity index is 113. The fourth-order valence-electron chi connectivity index (χ4n) is 1.68. The third-order valence-electron chi connectivity index (χ3n) is 2.82. The fraction of sp³-hybridized carbons (Fsp3) is 1.00. The molecule has 0 aromatic carbocycles. The smallest absolute Gasteiger partial charge is 0.0613 e. The third kappa shape index (κ3) is 1.92. The van der Waals surface area contributed by atoms with Gasteiger partial charge in [-0.05, 0) is 32.7 Å². The van der Waals surface area contributed by atoms with E-state index >= 15 is 0 Å². The van der Waals surface area contributed by atoms with Crippen LogP contribution in [0, 0.1) is 0 Å². The average Bonchev–Trinajstić information content (AvgIpc) is 2.07. The Balaban J connectivity index is 2.45. The van der Waals surface area contributed by atoms with Crippen LogP contribution in [0.4, 0.5) is 0 Å². The van der Waals surface area contributed by atoms with E-state index in [0.29, 0.717) is 6.04 Å². The molecule has 0 aliphatic heterocycles. The monoisotopic (exact) mass is 158 g/mol. The van der Waals surface area contributed by atoms with Gasteiger partial charge in [0.25, 0.3) is 0 Å². The molecule has 0 amide bonds. The molecule has 0 heterocycles. The lowest BCUT2D eigenvalue weighted by Crippen LogP contribution is -2.50. The molecule has 0 unspecified atom stereocenters. The highest BCUT2D eigenvalue weighted by atomic mass is 16.3. The van der Waals surface area contributed by atoms with Gasteiger partial charge in [0.1, 0.15) is 0 Å². The van der Waals surface area contributed by atoms with Gasteiger partial charge in [-0.15, -0.1) is 0 Å². The second-order valence-electron chi connectivity index (χ2n) is 3.53. The van der Waals surface area contributed by atoms with Crippen molar-refractivity contribution in [3.63, 3.8) is 0 Å².